The number of hydrogen-bond acceptors (Lipinski definition) is 4. The van der Waals surface area contributed by atoms with Crippen molar-refractivity contribution in [2.24, 2.45) is 0 Å². The fourth-order valence-corrected chi connectivity index (χ4v) is 3.88. The number of H-pyrrole nitrogens is 1. The highest BCUT2D eigenvalue weighted by Gasteiger charge is 2.34. The average Bonchev–Trinajstić information content (AvgIpc) is 3.32. The van der Waals surface area contributed by atoms with Gasteiger partial charge in [0.25, 0.3) is 0 Å². The highest BCUT2D eigenvalue weighted by molar-refractivity contribution is 5.95. The summed E-state index contributed by atoms with van der Waals surface area (Å²) in [6.07, 6.45) is 5.68. The maximum absolute atomic E-state index is 12.4. The van der Waals surface area contributed by atoms with Gasteiger partial charge < -0.3 is 9.88 Å². The SMILES string of the molecule is Cc1ccc(C2CC(=O)Nc3n[nH]c(-c4ccccn4)c32)n1-c1cccnc1. The summed E-state index contributed by atoms with van der Waals surface area (Å²) in [6, 6.07) is 13.8. The Labute approximate surface area is 161 Å². The summed E-state index contributed by atoms with van der Waals surface area (Å²) in [5, 5.41) is 10.3. The van der Waals surface area contributed by atoms with Crippen LogP contribution < -0.4 is 5.32 Å². The van der Waals surface area contributed by atoms with Gasteiger partial charge in [-0.2, -0.15) is 5.10 Å². The quantitative estimate of drug-likeness (QED) is 0.578. The van der Waals surface area contributed by atoms with E-state index in [-0.39, 0.29) is 11.8 Å². The molecule has 2 N–H and O–H groups in total. The number of pyridine rings is 2. The van der Waals surface area contributed by atoms with Gasteiger partial charge in [-0.1, -0.05) is 6.07 Å². The van der Waals surface area contributed by atoms with E-state index in [0.717, 1.165) is 34.0 Å². The molecule has 1 aliphatic rings. The first-order chi connectivity index (χ1) is 13.7. The summed E-state index contributed by atoms with van der Waals surface area (Å²) in [6.45, 7) is 2.05. The van der Waals surface area contributed by atoms with Crippen LogP contribution in [-0.4, -0.2) is 30.6 Å². The Morgan fingerprint density at radius 3 is 2.82 bits per heavy atom. The predicted molar refractivity (Wildman–Crippen MR) is 105 cm³/mol. The van der Waals surface area contributed by atoms with Crippen molar-refractivity contribution < 1.29 is 4.79 Å². The molecule has 1 amide bonds. The molecule has 0 aromatic carbocycles. The lowest BCUT2D eigenvalue weighted by Crippen LogP contribution is -2.25. The minimum absolute atomic E-state index is 0.0480. The molecule has 5 heterocycles. The van der Waals surface area contributed by atoms with Crippen LogP contribution in [0.5, 0.6) is 0 Å². The zero-order valence-corrected chi connectivity index (χ0v) is 15.3. The van der Waals surface area contributed by atoms with Gasteiger partial charge in [-0.05, 0) is 43.3 Å². The molecule has 4 aromatic heterocycles. The molecule has 0 saturated carbocycles. The van der Waals surface area contributed by atoms with Crippen LogP contribution in [0.1, 0.15) is 29.3 Å². The van der Waals surface area contributed by atoms with E-state index in [1.54, 1.807) is 12.4 Å². The molecule has 1 atom stereocenters. The summed E-state index contributed by atoms with van der Waals surface area (Å²) in [4.78, 5) is 21.1. The number of carbonyl (C=O) groups is 1. The van der Waals surface area contributed by atoms with Gasteiger partial charge >= 0.3 is 0 Å². The molecule has 0 aliphatic carbocycles. The second kappa shape index (κ2) is 6.45. The number of anilines is 1. The number of nitrogens with zero attached hydrogens (tertiary/aromatic N) is 4. The van der Waals surface area contributed by atoms with Crippen LogP contribution in [0.4, 0.5) is 5.82 Å². The van der Waals surface area contributed by atoms with Crippen molar-refractivity contribution in [1.29, 1.82) is 0 Å². The van der Waals surface area contributed by atoms with Crippen LogP contribution in [0.2, 0.25) is 0 Å². The Morgan fingerprint density at radius 1 is 1.11 bits per heavy atom. The zero-order valence-electron chi connectivity index (χ0n) is 15.3. The summed E-state index contributed by atoms with van der Waals surface area (Å²) in [7, 11) is 0. The molecule has 28 heavy (non-hydrogen) atoms. The van der Waals surface area contributed by atoms with Crippen LogP contribution in [0.3, 0.4) is 0 Å². The van der Waals surface area contributed by atoms with Crippen molar-refractivity contribution >= 4 is 11.7 Å². The van der Waals surface area contributed by atoms with Gasteiger partial charge in [0.05, 0.1) is 23.3 Å². The fraction of sp³-hybridized carbons (Fsp3) is 0.143. The Balaban J connectivity index is 1.70. The standard InChI is InChI=1S/C21H18N6O/c1-13-7-8-17(27(13)14-5-4-9-22-12-14)15-11-18(28)24-21-19(15)20(25-26-21)16-6-2-3-10-23-16/h2-10,12,15H,11H2,1H3,(H2,24,25,26,28). The largest absolute Gasteiger partial charge is 0.316 e. The number of aromatic amines is 1. The van der Waals surface area contributed by atoms with Crippen LogP contribution in [0.15, 0.2) is 61.1 Å². The van der Waals surface area contributed by atoms with Crippen molar-refractivity contribution in [3.63, 3.8) is 0 Å². The average molecular weight is 370 g/mol. The minimum atomic E-state index is -0.145. The highest BCUT2D eigenvalue weighted by Crippen LogP contribution is 2.42. The Bertz CT molecular complexity index is 1150. The van der Waals surface area contributed by atoms with Gasteiger partial charge in [0.2, 0.25) is 5.91 Å². The maximum atomic E-state index is 12.4. The molecule has 0 spiro atoms. The second-order valence-corrected chi connectivity index (χ2v) is 6.83. The van der Waals surface area contributed by atoms with E-state index < -0.39 is 0 Å². The molecule has 138 valence electrons. The molecule has 1 unspecified atom stereocenters. The van der Waals surface area contributed by atoms with E-state index in [0.29, 0.717) is 12.2 Å². The number of aryl methyl sites for hydroxylation is 1. The number of nitrogens with one attached hydrogen (secondary N) is 2. The van der Waals surface area contributed by atoms with Gasteiger partial charge in [-0.15, -0.1) is 0 Å². The van der Waals surface area contributed by atoms with Crippen molar-refractivity contribution in [3.8, 4) is 17.1 Å². The van der Waals surface area contributed by atoms with Crippen molar-refractivity contribution in [1.82, 2.24) is 24.7 Å². The second-order valence-electron chi connectivity index (χ2n) is 6.83. The molecule has 0 fully saturated rings. The lowest BCUT2D eigenvalue weighted by Gasteiger charge is -2.25. The number of carbonyl (C=O) groups excluding carboxylic acids is 1. The predicted octanol–water partition coefficient (Wildman–Crippen LogP) is 3.44. The lowest BCUT2D eigenvalue weighted by atomic mass is 9.88. The summed E-state index contributed by atoms with van der Waals surface area (Å²) in [5.74, 6) is 0.375. The summed E-state index contributed by atoms with van der Waals surface area (Å²) < 4.78 is 2.15. The number of rotatable bonds is 3. The van der Waals surface area contributed by atoms with Crippen LogP contribution in [0, 0.1) is 6.92 Å². The van der Waals surface area contributed by atoms with E-state index in [9.17, 15) is 4.79 Å². The number of fused-ring (bicyclic) bond motifs is 1. The van der Waals surface area contributed by atoms with E-state index in [2.05, 4.69) is 49.1 Å². The van der Waals surface area contributed by atoms with Crippen molar-refractivity contribution in [2.45, 2.75) is 19.3 Å². The van der Waals surface area contributed by atoms with Gasteiger partial charge in [0, 0.05) is 41.7 Å². The van der Waals surface area contributed by atoms with E-state index in [1.165, 1.54) is 0 Å². The third-order valence-electron chi connectivity index (χ3n) is 5.09. The van der Waals surface area contributed by atoms with Gasteiger partial charge in [-0.25, -0.2) is 0 Å². The first-order valence-corrected chi connectivity index (χ1v) is 9.10. The normalized spacial score (nSPS) is 15.9. The lowest BCUT2D eigenvalue weighted by molar-refractivity contribution is -0.116. The van der Waals surface area contributed by atoms with Crippen molar-refractivity contribution in [2.75, 3.05) is 5.32 Å². The molecule has 1 aliphatic heterocycles. The maximum Gasteiger partial charge on any atom is 0.226 e. The van der Waals surface area contributed by atoms with E-state index in [4.69, 9.17) is 0 Å². The van der Waals surface area contributed by atoms with Crippen molar-refractivity contribution in [3.05, 3.63) is 78.0 Å². The smallest absolute Gasteiger partial charge is 0.226 e. The summed E-state index contributed by atoms with van der Waals surface area (Å²) >= 11 is 0. The molecular formula is C21H18N6O. The molecule has 0 bridgehead atoms. The van der Waals surface area contributed by atoms with Gasteiger partial charge in [-0.3, -0.25) is 19.9 Å². The molecule has 0 saturated heterocycles. The zero-order chi connectivity index (χ0) is 19.1. The van der Waals surface area contributed by atoms with Crippen LogP contribution in [0.25, 0.3) is 17.1 Å². The van der Waals surface area contributed by atoms with Crippen LogP contribution >= 0.6 is 0 Å². The van der Waals surface area contributed by atoms with E-state index in [1.807, 2.05) is 36.5 Å². The topological polar surface area (TPSA) is 88.5 Å². The number of hydrogen-bond donors (Lipinski definition) is 2. The number of aromatic nitrogens is 5. The third-order valence-corrected chi connectivity index (χ3v) is 5.09. The van der Waals surface area contributed by atoms with Crippen LogP contribution in [-0.2, 0) is 4.79 Å². The molecule has 4 aromatic rings. The van der Waals surface area contributed by atoms with Gasteiger partial charge in [0.1, 0.15) is 0 Å². The first-order valence-electron chi connectivity index (χ1n) is 9.10. The first kappa shape index (κ1) is 16.4. The summed E-state index contributed by atoms with van der Waals surface area (Å²) in [5.41, 5.74) is 5.67. The third kappa shape index (κ3) is 2.60. The number of amides is 1. The van der Waals surface area contributed by atoms with E-state index >= 15 is 0 Å². The molecule has 7 nitrogen and oxygen atoms in total. The molecule has 0 radical (unpaired) electrons. The Kier molecular flexibility index (Phi) is 3.79. The highest BCUT2D eigenvalue weighted by atomic mass is 16.1. The monoisotopic (exact) mass is 370 g/mol. The Hall–Kier alpha value is -3.74. The van der Waals surface area contributed by atoms with Gasteiger partial charge in [0.15, 0.2) is 5.82 Å². The molecule has 7 heteroatoms. The minimum Gasteiger partial charge on any atom is -0.316 e. The fourth-order valence-electron chi connectivity index (χ4n) is 3.88. The molecule has 5 rings (SSSR count). The Morgan fingerprint density at radius 2 is 2.04 bits per heavy atom. The molecular weight excluding hydrogens is 352 g/mol.